The van der Waals surface area contributed by atoms with Crippen LogP contribution in [-0.2, 0) is 18.9 Å². The predicted molar refractivity (Wildman–Crippen MR) is 69.8 cm³/mol. The van der Waals surface area contributed by atoms with E-state index in [-0.39, 0.29) is 6.61 Å². The molecule has 112 valence electrons. The normalized spacial score (nSPS) is 27.9. The van der Waals surface area contributed by atoms with Crippen molar-refractivity contribution >= 4 is 0 Å². The van der Waals surface area contributed by atoms with Crippen molar-refractivity contribution in [2.45, 2.75) is 30.9 Å². The van der Waals surface area contributed by atoms with Crippen LogP contribution in [0.1, 0.15) is 11.7 Å². The summed E-state index contributed by atoms with van der Waals surface area (Å²) in [6.07, 6.45) is -3.71. The van der Waals surface area contributed by atoms with Crippen molar-refractivity contribution in [2.75, 3.05) is 20.8 Å². The second kappa shape index (κ2) is 7.12. The average Bonchev–Trinajstić information content (AvgIpc) is 2.93. The van der Waals surface area contributed by atoms with Crippen LogP contribution in [-0.4, -0.2) is 55.8 Å². The van der Waals surface area contributed by atoms with Gasteiger partial charge in [0.2, 0.25) is 12.6 Å². The van der Waals surface area contributed by atoms with Gasteiger partial charge < -0.3 is 29.2 Å². The van der Waals surface area contributed by atoms with Gasteiger partial charge in [0, 0.05) is 14.2 Å². The molecular weight excluding hydrogens is 264 g/mol. The molecule has 1 aliphatic heterocycles. The lowest BCUT2D eigenvalue weighted by Crippen LogP contribution is -2.32. The van der Waals surface area contributed by atoms with Gasteiger partial charge >= 0.3 is 0 Å². The molecule has 4 atom stereocenters. The van der Waals surface area contributed by atoms with E-state index in [1.807, 2.05) is 18.2 Å². The highest BCUT2D eigenvalue weighted by Crippen LogP contribution is 2.31. The Morgan fingerprint density at radius 2 is 1.80 bits per heavy atom. The fourth-order valence-corrected chi connectivity index (χ4v) is 2.24. The van der Waals surface area contributed by atoms with Crippen LogP contribution < -0.4 is 0 Å². The van der Waals surface area contributed by atoms with E-state index in [9.17, 15) is 10.2 Å². The van der Waals surface area contributed by atoms with Crippen LogP contribution in [0.4, 0.5) is 0 Å². The van der Waals surface area contributed by atoms with E-state index < -0.39 is 30.9 Å². The maximum absolute atomic E-state index is 10.4. The van der Waals surface area contributed by atoms with E-state index in [4.69, 9.17) is 18.9 Å². The van der Waals surface area contributed by atoms with Crippen LogP contribution in [0.3, 0.4) is 0 Å². The molecule has 1 aromatic rings. The molecule has 6 heteroatoms. The highest BCUT2D eigenvalue weighted by molar-refractivity contribution is 5.19. The van der Waals surface area contributed by atoms with Crippen molar-refractivity contribution in [3.63, 3.8) is 0 Å². The van der Waals surface area contributed by atoms with Crippen LogP contribution >= 0.6 is 0 Å². The van der Waals surface area contributed by atoms with E-state index in [0.29, 0.717) is 5.56 Å². The lowest BCUT2D eigenvalue weighted by atomic mass is 10.0. The average molecular weight is 284 g/mol. The largest absolute Gasteiger partial charge is 0.394 e. The highest BCUT2D eigenvalue weighted by Gasteiger charge is 2.44. The lowest BCUT2D eigenvalue weighted by molar-refractivity contribution is -0.242. The Morgan fingerprint density at radius 3 is 2.35 bits per heavy atom. The predicted octanol–water partition coefficient (Wildman–Crippen LogP) is 0.441. The molecule has 1 aliphatic rings. The second-order valence-electron chi connectivity index (χ2n) is 4.52. The van der Waals surface area contributed by atoms with Crippen molar-refractivity contribution in [3.05, 3.63) is 35.9 Å². The van der Waals surface area contributed by atoms with Crippen molar-refractivity contribution in [3.8, 4) is 0 Å². The minimum absolute atomic E-state index is 0.259. The molecule has 0 saturated carbocycles. The smallest absolute Gasteiger partial charge is 0.210 e. The topological polar surface area (TPSA) is 77.4 Å². The van der Waals surface area contributed by atoms with Crippen molar-refractivity contribution < 1.29 is 29.2 Å². The van der Waals surface area contributed by atoms with E-state index in [0.717, 1.165) is 0 Å². The Kier molecular flexibility index (Phi) is 5.47. The third-order valence-corrected chi connectivity index (χ3v) is 3.29. The summed E-state index contributed by atoms with van der Waals surface area (Å²) in [6, 6.07) is 9.10. The zero-order chi connectivity index (χ0) is 14.5. The maximum atomic E-state index is 10.4. The SMILES string of the molecule is COC(OC)C1O[C@H]([C@@H](O)c2ccccc2)[C@H](CO)O1. The summed E-state index contributed by atoms with van der Waals surface area (Å²) >= 11 is 0. The first-order valence-corrected chi connectivity index (χ1v) is 6.41. The van der Waals surface area contributed by atoms with E-state index in [1.54, 1.807) is 12.1 Å². The summed E-state index contributed by atoms with van der Waals surface area (Å²) in [5.74, 6) is 0. The number of rotatable bonds is 6. The molecule has 0 aliphatic carbocycles. The van der Waals surface area contributed by atoms with E-state index in [1.165, 1.54) is 14.2 Å². The fraction of sp³-hybridized carbons (Fsp3) is 0.571. The number of aliphatic hydroxyl groups excluding tert-OH is 2. The minimum atomic E-state index is -0.896. The number of aliphatic hydroxyl groups is 2. The molecule has 1 fully saturated rings. The van der Waals surface area contributed by atoms with E-state index >= 15 is 0 Å². The first-order chi connectivity index (χ1) is 9.71. The molecule has 0 bridgehead atoms. The van der Waals surface area contributed by atoms with Crippen LogP contribution in [0.15, 0.2) is 30.3 Å². The molecular formula is C14H20O6. The van der Waals surface area contributed by atoms with Crippen LogP contribution in [0.25, 0.3) is 0 Å². The fourth-order valence-electron chi connectivity index (χ4n) is 2.24. The second-order valence-corrected chi connectivity index (χ2v) is 4.52. The molecule has 1 saturated heterocycles. The van der Waals surface area contributed by atoms with Gasteiger partial charge in [-0.15, -0.1) is 0 Å². The third-order valence-electron chi connectivity index (χ3n) is 3.29. The summed E-state index contributed by atoms with van der Waals surface area (Å²) in [6.45, 7) is -0.259. The number of benzene rings is 1. The van der Waals surface area contributed by atoms with Crippen LogP contribution in [0.2, 0.25) is 0 Å². The standard InChI is InChI=1S/C14H20O6/c1-17-13(18-2)14-19-10(8-15)12(20-14)11(16)9-6-4-3-5-7-9/h3-7,10-16H,8H2,1-2H3/t10-,11-,12-,14?/m0/s1. The minimum Gasteiger partial charge on any atom is -0.394 e. The molecule has 6 nitrogen and oxygen atoms in total. The number of ether oxygens (including phenoxy) is 4. The summed E-state index contributed by atoms with van der Waals surface area (Å²) in [5.41, 5.74) is 0.701. The Bertz CT molecular complexity index is 394. The first kappa shape index (κ1) is 15.4. The first-order valence-electron chi connectivity index (χ1n) is 6.41. The Labute approximate surface area is 117 Å². The molecule has 2 N–H and O–H groups in total. The number of hydrogen-bond acceptors (Lipinski definition) is 6. The van der Waals surface area contributed by atoms with Crippen molar-refractivity contribution in [1.29, 1.82) is 0 Å². The maximum Gasteiger partial charge on any atom is 0.210 e. The van der Waals surface area contributed by atoms with Crippen LogP contribution in [0, 0.1) is 0 Å². The molecule has 0 amide bonds. The van der Waals surface area contributed by atoms with Gasteiger partial charge in [-0.2, -0.15) is 0 Å². The summed E-state index contributed by atoms with van der Waals surface area (Å²) in [7, 11) is 2.94. The van der Waals surface area contributed by atoms with Crippen molar-refractivity contribution in [1.82, 2.24) is 0 Å². The van der Waals surface area contributed by atoms with Crippen LogP contribution in [0.5, 0.6) is 0 Å². The summed E-state index contributed by atoms with van der Waals surface area (Å²) < 4.78 is 21.3. The van der Waals surface area contributed by atoms with Gasteiger partial charge in [-0.25, -0.2) is 0 Å². The van der Waals surface area contributed by atoms with Gasteiger partial charge in [0.1, 0.15) is 18.3 Å². The molecule has 1 heterocycles. The van der Waals surface area contributed by atoms with Gasteiger partial charge in [-0.05, 0) is 5.56 Å². The zero-order valence-electron chi connectivity index (χ0n) is 11.5. The van der Waals surface area contributed by atoms with Gasteiger partial charge in [-0.3, -0.25) is 0 Å². The molecule has 20 heavy (non-hydrogen) atoms. The summed E-state index contributed by atoms with van der Waals surface area (Å²) in [5, 5.41) is 19.7. The zero-order valence-corrected chi connectivity index (χ0v) is 11.5. The van der Waals surface area contributed by atoms with Gasteiger partial charge in [0.25, 0.3) is 0 Å². The van der Waals surface area contributed by atoms with Crippen molar-refractivity contribution in [2.24, 2.45) is 0 Å². The highest BCUT2D eigenvalue weighted by atomic mass is 16.8. The third kappa shape index (κ3) is 3.17. The molecule has 1 unspecified atom stereocenters. The lowest BCUT2D eigenvalue weighted by Gasteiger charge is -2.22. The van der Waals surface area contributed by atoms with E-state index in [2.05, 4.69) is 0 Å². The Hall–Kier alpha value is -1.02. The Morgan fingerprint density at radius 1 is 1.15 bits per heavy atom. The number of methoxy groups -OCH3 is 2. The van der Waals surface area contributed by atoms with Gasteiger partial charge in [0.15, 0.2) is 0 Å². The molecule has 1 aromatic carbocycles. The molecule has 0 radical (unpaired) electrons. The summed E-state index contributed by atoms with van der Waals surface area (Å²) in [4.78, 5) is 0. The molecule has 0 spiro atoms. The molecule has 2 rings (SSSR count). The van der Waals surface area contributed by atoms with Gasteiger partial charge in [0.05, 0.1) is 6.61 Å². The number of hydrogen-bond donors (Lipinski definition) is 2. The molecule has 0 aromatic heterocycles. The van der Waals surface area contributed by atoms with Gasteiger partial charge in [-0.1, -0.05) is 30.3 Å². The Balaban J connectivity index is 2.10. The monoisotopic (exact) mass is 284 g/mol. The quantitative estimate of drug-likeness (QED) is 0.738.